The van der Waals surface area contributed by atoms with Gasteiger partial charge >= 0.3 is 6.36 Å². The van der Waals surface area contributed by atoms with Crippen LogP contribution in [0.3, 0.4) is 0 Å². The molecule has 0 saturated carbocycles. The van der Waals surface area contributed by atoms with Crippen LogP contribution in [-0.2, 0) is 0 Å². The highest BCUT2D eigenvalue weighted by atomic mass is 79.9. The number of pyridine rings is 1. The van der Waals surface area contributed by atoms with Crippen LogP contribution in [0.4, 0.5) is 13.2 Å². The van der Waals surface area contributed by atoms with E-state index in [2.05, 4.69) is 25.7 Å². The molecule has 1 heterocycles. The fourth-order valence-corrected chi connectivity index (χ4v) is 2.00. The van der Waals surface area contributed by atoms with Crippen LogP contribution in [0.15, 0.2) is 28.9 Å². The van der Waals surface area contributed by atoms with E-state index in [4.69, 9.17) is 11.6 Å². The Morgan fingerprint density at radius 2 is 2.00 bits per heavy atom. The Bertz CT molecular complexity index is 573. The summed E-state index contributed by atoms with van der Waals surface area (Å²) >= 11 is 8.97. The largest absolute Gasteiger partial charge is 0.573 e. The fraction of sp³-hybridized carbons (Fsp3) is 0.100. The van der Waals surface area contributed by atoms with Crippen molar-refractivity contribution in [2.75, 3.05) is 0 Å². The summed E-state index contributed by atoms with van der Waals surface area (Å²) in [6.45, 7) is 0. The Labute approximate surface area is 107 Å². The molecule has 0 saturated heterocycles. The van der Waals surface area contributed by atoms with Gasteiger partial charge in [-0.25, -0.2) is 0 Å². The first-order valence-electron chi connectivity index (χ1n) is 4.36. The van der Waals surface area contributed by atoms with Crippen molar-refractivity contribution in [3.8, 4) is 5.75 Å². The summed E-state index contributed by atoms with van der Waals surface area (Å²) in [5.41, 5.74) is 0.0676. The van der Waals surface area contributed by atoms with E-state index in [0.29, 0.717) is 14.9 Å². The maximum atomic E-state index is 12.2. The third kappa shape index (κ3) is 2.81. The molecule has 0 fully saturated rings. The van der Waals surface area contributed by atoms with Gasteiger partial charge in [-0.3, -0.25) is 4.98 Å². The average Bonchev–Trinajstić information content (AvgIpc) is 2.17. The standard InChI is InChI=1S/C10H4BrClF3NO/c11-5-3-6-7(12)1-2-16-9(6)8(4-5)17-10(13,14)15/h1-4H. The van der Waals surface area contributed by atoms with Crippen LogP contribution in [-0.4, -0.2) is 11.3 Å². The van der Waals surface area contributed by atoms with E-state index in [1.165, 1.54) is 18.3 Å². The smallest absolute Gasteiger partial charge is 0.403 e. The van der Waals surface area contributed by atoms with Gasteiger partial charge in [0.2, 0.25) is 0 Å². The molecule has 0 aliphatic rings. The predicted molar refractivity (Wildman–Crippen MR) is 61.1 cm³/mol. The zero-order valence-corrected chi connectivity index (χ0v) is 10.4. The summed E-state index contributed by atoms with van der Waals surface area (Å²) < 4.78 is 40.9. The molecule has 7 heteroatoms. The predicted octanol–water partition coefficient (Wildman–Crippen LogP) is 4.55. The molecule has 0 bridgehead atoms. The van der Waals surface area contributed by atoms with Gasteiger partial charge in [0.1, 0.15) is 5.52 Å². The van der Waals surface area contributed by atoms with Crippen LogP contribution in [0, 0.1) is 0 Å². The molecule has 90 valence electrons. The van der Waals surface area contributed by atoms with Crippen molar-refractivity contribution in [3.05, 3.63) is 33.9 Å². The minimum Gasteiger partial charge on any atom is -0.403 e. The minimum absolute atomic E-state index is 0.0676. The number of alkyl halides is 3. The molecular formula is C10H4BrClF3NO. The third-order valence-electron chi connectivity index (χ3n) is 1.95. The van der Waals surface area contributed by atoms with E-state index >= 15 is 0 Å². The molecule has 0 amide bonds. The lowest BCUT2D eigenvalue weighted by molar-refractivity contribution is -0.274. The number of nitrogens with zero attached hydrogens (tertiary/aromatic N) is 1. The van der Waals surface area contributed by atoms with Crippen molar-refractivity contribution in [2.24, 2.45) is 0 Å². The zero-order valence-electron chi connectivity index (χ0n) is 8.05. The van der Waals surface area contributed by atoms with Crippen LogP contribution in [0.25, 0.3) is 10.9 Å². The van der Waals surface area contributed by atoms with Gasteiger partial charge < -0.3 is 4.74 Å². The van der Waals surface area contributed by atoms with Crippen LogP contribution < -0.4 is 4.74 Å². The van der Waals surface area contributed by atoms with Gasteiger partial charge in [-0.2, -0.15) is 0 Å². The number of rotatable bonds is 1. The first-order valence-corrected chi connectivity index (χ1v) is 5.53. The van der Waals surface area contributed by atoms with Gasteiger partial charge in [-0.05, 0) is 18.2 Å². The Morgan fingerprint density at radius 3 is 2.65 bits per heavy atom. The minimum atomic E-state index is -4.77. The molecule has 17 heavy (non-hydrogen) atoms. The van der Waals surface area contributed by atoms with Gasteiger partial charge in [0, 0.05) is 16.1 Å². The van der Waals surface area contributed by atoms with Crippen LogP contribution in [0.5, 0.6) is 5.75 Å². The maximum absolute atomic E-state index is 12.2. The number of halogens is 5. The van der Waals surface area contributed by atoms with Gasteiger partial charge in [0.15, 0.2) is 5.75 Å². The van der Waals surface area contributed by atoms with Gasteiger partial charge in [-0.15, -0.1) is 13.2 Å². The Hall–Kier alpha value is -1.01. The summed E-state index contributed by atoms with van der Waals surface area (Å²) in [5.74, 6) is -0.385. The van der Waals surface area contributed by atoms with Crippen molar-refractivity contribution in [1.82, 2.24) is 4.98 Å². The Kier molecular flexibility index (Phi) is 3.18. The second-order valence-corrected chi connectivity index (χ2v) is 4.46. The second kappa shape index (κ2) is 4.34. The summed E-state index contributed by atoms with van der Waals surface area (Å²) in [4.78, 5) is 3.84. The van der Waals surface area contributed by atoms with E-state index in [0.717, 1.165) is 0 Å². The van der Waals surface area contributed by atoms with Crippen molar-refractivity contribution in [3.63, 3.8) is 0 Å². The molecule has 0 aliphatic carbocycles. The van der Waals surface area contributed by atoms with Crippen LogP contribution >= 0.6 is 27.5 Å². The highest BCUT2D eigenvalue weighted by Crippen LogP contribution is 2.35. The van der Waals surface area contributed by atoms with E-state index in [1.807, 2.05) is 0 Å². The first-order chi connectivity index (χ1) is 7.87. The molecule has 0 unspecified atom stereocenters. The van der Waals surface area contributed by atoms with Crippen molar-refractivity contribution in [2.45, 2.75) is 6.36 Å². The molecule has 0 atom stereocenters. The number of ether oxygens (including phenoxy) is 1. The normalized spacial score (nSPS) is 11.8. The number of fused-ring (bicyclic) bond motifs is 1. The summed E-state index contributed by atoms with van der Waals surface area (Å²) in [5, 5.41) is 0.700. The van der Waals surface area contributed by atoms with Gasteiger partial charge in [0.25, 0.3) is 0 Å². The second-order valence-electron chi connectivity index (χ2n) is 3.14. The van der Waals surface area contributed by atoms with E-state index in [1.54, 1.807) is 6.07 Å². The summed E-state index contributed by atoms with van der Waals surface area (Å²) in [6, 6.07) is 4.26. The molecule has 0 N–H and O–H groups in total. The molecule has 1 aromatic heterocycles. The SMILES string of the molecule is FC(F)(F)Oc1cc(Br)cc2c(Cl)ccnc12. The monoisotopic (exact) mass is 325 g/mol. The van der Waals surface area contributed by atoms with E-state index in [9.17, 15) is 13.2 Å². The zero-order chi connectivity index (χ0) is 12.6. The van der Waals surface area contributed by atoms with Crippen LogP contribution in [0.2, 0.25) is 5.02 Å². The number of aromatic nitrogens is 1. The van der Waals surface area contributed by atoms with Crippen molar-refractivity contribution < 1.29 is 17.9 Å². The summed E-state index contributed by atoms with van der Waals surface area (Å²) in [6.07, 6.45) is -3.44. The third-order valence-corrected chi connectivity index (χ3v) is 2.73. The van der Waals surface area contributed by atoms with Gasteiger partial charge in [-0.1, -0.05) is 27.5 Å². The van der Waals surface area contributed by atoms with E-state index < -0.39 is 6.36 Å². The molecular weight excluding hydrogens is 322 g/mol. The molecule has 0 radical (unpaired) electrons. The first kappa shape index (κ1) is 12.4. The molecule has 1 aromatic carbocycles. The lowest BCUT2D eigenvalue weighted by Crippen LogP contribution is -2.17. The van der Waals surface area contributed by atoms with Crippen molar-refractivity contribution >= 4 is 38.4 Å². The summed E-state index contributed by atoms with van der Waals surface area (Å²) in [7, 11) is 0. The Balaban J connectivity index is 2.66. The number of benzene rings is 1. The number of hydrogen-bond acceptors (Lipinski definition) is 2. The van der Waals surface area contributed by atoms with Gasteiger partial charge in [0.05, 0.1) is 5.02 Å². The molecule has 0 spiro atoms. The quantitative estimate of drug-likeness (QED) is 0.767. The topological polar surface area (TPSA) is 22.1 Å². The highest BCUT2D eigenvalue weighted by molar-refractivity contribution is 9.10. The average molecular weight is 326 g/mol. The van der Waals surface area contributed by atoms with Crippen LogP contribution in [0.1, 0.15) is 0 Å². The fourth-order valence-electron chi connectivity index (χ4n) is 1.36. The van der Waals surface area contributed by atoms with Crippen molar-refractivity contribution in [1.29, 1.82) is 0 Å². The highest BCUT2D eigenvalue weighted by Gasteiger charge is 2.32. The number of hydrogen-bond donors (Lipinski definition) is 0. The van der Waals surface area contributed by atoms with E-state index in [-0.39, 0.29) is 11.3 Å². The molecule has 0 aliphatic heterocycles. The molecule has 2 nitrogen and oxygen atoms in total. The maximum Gasteiger partial charge on any atom is 0.573 e. The lowest BCUT2D eigenvalue weighted by atomic mass is 10.2. The molecule has 2 aromatic rings. The Morgan fingerprint density at radius 1 is 1.29 bits per heavy atom. The molecule has 2 rings (SSSR count). The lowest BCUT2D eigenvalue weighted by Gasteiger charge is -2.11.